The van der Waals surface area contributed by atoms with Crippen LogP contribution in [0.25, 0.3) is 0 Å². The Balaban J connectivity index is 2.04. The van der Waals surface area contributed by atoms with Crippen LogP contribution in [0.5, 0.6) is 11.5 Å². The number of hydrogen-bond acceptors (Lipinski definition) is 7. The highest BCUT2D eigenvalue weighted by atomic mass is 16.6. The van der Waals surface area contributed by atoms with Crippen molar-refractivity contribution >= 4 is 17.6 Å². The van der Waals surface area contributed by atoms with Gasteiger partial charge < -0.3 is 19.5 Å². The summed E-state index contributed by atoms with van der Waals surface area (Å²) >= 11 is 0. The van der Waals surface area contributed by atoms with Gasteiger partial charge in [0.15, 0.2) is 17.6 Å². The number of esters is 1. The number of carbonyl (C=O) groups is 2. The number of ether oxygens (including phenoxy) is 3. The van der Waals surface area contributed by atoms with Crippen LogP contribution in [0.4, 0.5) is 5.69 Å². The van der Waals surface area contributed by atoms with Crippen LogP contribution in [0.3, 0.4) is 0 Å². The van der Waals surface area contributed by atoms with Crippen molar-refractivity contribution in [3.63, 3.8) is 0 Å². The number of nitrogens with one attached hydrogen (secondary N) is 1. The Morgan fingerprint density at radius 1 is 1.27 bits per heavy atom. The minimum Gasteiger partial charge on any atom is -0.493 e. The molecule has 0 aromatic heterocycles. The Labute approximate surface area is 175 Å². The maximum atomic E-state index is 12.5. The lowest BCUT2D eigenvalue weighted by molar-refractivity contribution is -0.385. The lowest BCUT2D eigenvalue weighted by atomic mass is 9.97. The molecule has 1 atom stereocenters. The first kappa shape index (κ1) is 23.2. The molecule has 9 heteroatoms. The van der Waals surface area contributed by atoms with Crippen LogP contribution in [0.2, 0.25) is 0 Å². The largest absolute Gasteiger partial charge is 0.493 e. The zero-order chi connectivity index (χ0) is 22.1. The van der Waals surface area contributed by atoms with Crippen molar-refractivity contribution in [3.05, 3.63) is 39.5 Å². The van der Waals surface area contributed by atoms with Crippen molar-refractivity contribution in [1.82, 2.24) is 5.32 Å². The second-order valence-corrected chi connectivity index (χ2v) is 6.91. The molecule has 0 bridgehead atoms. The molecule has 30 heavy (non-hydrogen) atoms. The zero-order valence-electron chi connectivity index (χ0n) is 17.6. The van der Waals surface area contributed by atoms with E-state index in [2.05, 4.69) is 11.4 Å². The van der Waals surface area contributed by atoms with E-state index < -0.39 is 28.6 Å². The number of rotatable bonds is 10. The molecule has 0 aliphatic heterocycles. The van der Waals surface area contributed by atoms with E-state index in [-0.39, 0.29) is 23.7 Å². The summed E-state index contributed by atoms with van der Waals surface area (Å²) in [5, 5.41) is 14.1. The topological polar surface area (TPSA) is 117 Å². The molecule has 0 spiro atoms. The average Bonchev–Trinajstić information content (AvgIpc) is 2.74. The molecular formula is C21H28N2O7. The number of benzene rings is 1. The van der Waals surface area contributed by atoms with Gasteiger partial charge in [-0.25, -0.2) is 4.79 Å². The highest BCUT2D eigenvalue weighted by Gasteiger charge is 2.28. The SMILES string of the molecule is CCOc1cc(C(=O)O[C@H](C)C(=O)NCCC2=CCCCC2)c([N+](=O)[O-])cc1OC. The predicted octanol–water partition coefficient (Wildman–Crippen LogP) is 3.55. The summed E-state index contributed by atoms with van der Waals surface area (Å²) in [6.45, 7) is 3.88. The van der Waals surface area contributed by atoms with E-state index in [9.17, 15) is 19.7 Å². The second kappa shape index (κ2) is 11.2. The van der Waals surface area contributed by atoms with E-state index in [0.29, 0.717) is 6.54 Å². The number of nitro benzene ring substituents is 1. The van der Waals surface area contributed by atoms with E-state index in [0.717, 1.165) is 31.7 Å². The van der Waals surface area contributed by atoms with E-state index in [1.165, 1.54) is 32.1 Å². The maximum Gasteiger partial charge on any atom is 0.346 e. The maximum absolute atomic E-state index is 12.5. The fourth-order valence-electron chi connectivity index (χ4n) is 3.19. The first-order chi connectivity index (χ1) is 14.4. The molecule has 1 aliphatic rings. The Morgan fingerprint density at radius 3 is 2.63 bits per heavy atom. The summed E-state index contributed by atoms with van der Waals surface area (Å²) in [6.07, 6.45) is 6.34. The smallest absolute Gasteiger partial charge is 0.346 e. The van der Waals surface area contributed by atoms with E-state index in [1.807, 2.05) is 0 Å². The van der Waals surface area contributed by atoms with Crippen LogP contribution in [-0.4, -0.2) is 43.2 Å². The van der Waals surface area contributed by atoms with Gasteiger partial charge in [-0.3, -0.25) is 14.9 Å². The number of allylic oxidation sites excluding steroid dienone is 1. The van der Waals surface area contributed by atoms with Gasteiger partial charge >= 0.3 is 5.97 Å². The summed E-state index contributed by atoms with van der Waals surface area (Å²) in [5.41, 5.74) is 0.525. The molecule has 1 aromatic carbocycles. The van der Waals surface area contributed by atoms with Gasteiger partial charge in [0.25, 0.3) is 11.6 Å². The van der Waals surface area contributed by atoms with Gasteiger partial charge in [-0.1, -0.05) is 11.6 Å². The van der Waals surface area contributed by atoms with Crippen molar-refractivity contribution < 1.29 is 28.7 Å². The molecule has 9 nitrogen and oxygen atoms in total. The van der Waals surface area contributed by atoms with Crippen molar-refractivity contribution in [2.24, 2.45) is 0 Å². The number of nitrogens with zero attached hydrogens (tertiary/aromatic N) is 1. The highest BCUT2D eigenvalue weighted by Crippen LogP contribution is 2.35. The van der Waals surface area contributed by atoms with Crippen LogP contribution < -0.4 is 14.8 Å². The lowest BCUT2D eigenvalue weighted by Gasteiger charge is -2.16. The molecule has 1 aromatic rings. The number of amides is 1. The lowest BCUT2D eigenvalue weighted by Crippen LogP contribution is -2.36. The monoisotopic (exact) mass is 420 g/mol. The summed E-state index contributed by atoms with van der Waals surface area (Å²) in [7, 11) is 1.34. The first-order valence-corrected chi connectivity index (χ1v) is 10.0. The van der Waals surface area contributed by atoms with Crippen LogP contribution in [0, 0.1) is 10.1 Å². The van der Waals surface area contributed by atoms with Crippen LogP contribution in [0.1, 0.15) is 56.3 Å². The molecule has 1 amide bonds. The third kappa shape index (κ3) is 6.20. The molecular weight excluding hydrogens is 392 g/mol. The Morgan fingerprint density at radius 2 is 2.03 bits per heavy atom. The van der Waals surface area contributed by atoms with Gasteiger partial charge in [0, 0.05) is 12.6 Å². The Bertz CT molecular complexity index is 820. The molecule has 0 heterocycles. The Kier molecular flexibility index (Phi) is 8.64. The molecule has 164 valence electrons. The van der Waals surface area contributed by atoms with Crippen LogP contribution >= 0.6 is 0 Å². The number of methoxy groups -OCH3 is 1. The van der Waals surface area contributed by atoms with E-state index in [1.54, 1.807) is 6.92 Å². The van der Waals surface area contributed by atoms with E-state index in [4.69, 9.17) is 14.2 Å². The van der Waals surface area contributed by atoms with Gasteiger partial charge in [0.2, 0.25) is 0 Å². The normalized spacial score (nSPS) is 14.3. The van der Waals surface area contributed by atoms with Crippen molar-refractivity contribution in [3.8, 4) is 11.5 Å². The van der Waals surface area contributed by atoms with Crippen molar-refractivity contribution in [1.29, 1.82) is 0 Å². The van der Waals surface area contributed by atoms with Gasteiger partial charge in [0.05, 0.1) is 24.7 Å². The van der Waals surface area contributed by atoms with Gasteiger partial charge in [-0.15, -0.1) is 0 Å². The van der Waals surface area contributed by atoms with Gasteiger partial charge in [-0.2, -0.15) is 0 Å². The molecule has 1 aliphatic carbocycles. The Hall–Kier alpha value is -3.10. The van der Waals surface area contributed by atoms with Gasteiger partial charge in [-0.05, 0) is 46.0 Å². The molecule has 0 radical (unpaired) electrons. The summed E-state index contributed by atoms with van der Waals surface area (Å²) < 4.78 is 15.6. The van der Waals surface area contributed by atoms with Crippen molar-refractivity contribution in [2.45, 2.75) is 52.1 Å². The van der Waals surface area contributed by atoms with Gasteiger partial charge in [0.1, 0.15) is 5.56 Å². The summed E-state index contributed by atoms with van der Waals surface area (Å²) in [6, 6.07) is 2.30. The second-order valence-electron chi connectivity index (χ2n) is 6.91. The molecule has 0 unspecified atom stereocenters. The minimum atomic E-state index is -1.10. The average molecular weight is 420 g/mol. The standard InChI is InChI=1S/C21H28N2O7/c1-4-29-19-12-16(17(23(26)27)13-18(19)28-3)21(25)30-14(2)20(24)22-11-10-15-8-6-5-7-9-15/h8,12-14H,4-7,9-11H2,1-3H3,(H,22,24)/t14-/m1/s1. The van der Waals surface area contributed by atoms with Crippen molar-refractivity contribution in [2.75, 3.05) is 20.3 Å². The third-order valence-electron chi connectivity index (χ3n) is 4.78. The van der Waals surface area contributed by atoms with Crippen LogP contribution in [-0.2, 0) is 9.53 Å². The molecule has 1 N–H and O–H groups in total. The highest BCUT2D eigenvalue weighted by molar-refractivity contribution is 5.96. The number of nitro groups is 1. The molecule has 2 rings (SSSR count). The molecule has 0 saturated carbocycles. The summed E-state index contributed by atoms with van der Waals surface area (Å²) in [5.74, 6) is -1.14. The fraction of sp³-hybridized carbons (Fsp3) is 0.524. The number of hydrogen-bond donors (Lipinski definition) is 1. The first-order valence-electron chi connectivity index (χ1n) is 10.0. The fourth-order valence-corrected chi connectivity index (χ4v) is 3.19. The third-order valence-corrected chi connectivity index (χ3v) is 4.78. The quantitative estimate of drug-likeness (QED) is 0.266. The molecule has 0 fully saturated rings. The summed E-state index contributed by atoms with van der Waals surface area (Å²) in [4.78, 5) is 35.5. The minimum absolute atomic E-state index is 0.128. The van der Waals surface area contributed by atoms with Crippen LogP contribution in [0.15, 0.2) is 23.8 Å². The predicted molar refractivity (Wildman–Crippen MR) is 110 cm³/mol. The zero-order valence-corrected chi connectivity index (χ0v) is 17.6. The van der Waals surface area contributed by atoms with E-state index >= 15 is 0 Å². The molecule has 0 saturated heterocycles. The number of carbonyl (C=O) groups excluding carboxylic acids is 2.